The molecular formula is C70H118O2S2. The Bertz CT molecular complexity index is 1660. The minimum absolute atomic E-state index is 0.0870. The van der Waals surface area contributed by atoms with Crippen molar-refractivity contribution in [3.8, 4) is 0 Å². The van der Waals surface area contributed by atoms with Gasteiger partial charge in [0.05, 0.1) is 11.8 Å². The van der Waals surface area contributed by atoms with E-state index in [2.05, 4.69) is 65.8 Å². The Morgan fingerprint density at radius 2 is 0.635 bits per heavy atom. The zero-order chi connectivity index (χ0) is 52.3. The number of rotatable bonds is 42. The fourth-order valence-electron chi connectivity index (χ4n) is 16.5. The van der Waals surface area contributed by atoms with Crippen LogP contribution in [0.4, 0.5) is 0 Å². The van der Waals surface area contributed by atoms with E-state index in [4.69, 9.17) is 0 Å². The molecule has 4 aliphatic rings. The third-order valence-electron chi connectivity index (χ3n) is 20.4. The van der Waals surface area contributed by atoms with Crippen LogP contribution in [0.25, 0.3) is 0 Å². The third-order valence-corrected chi connectivity index (χ3v) is 22.7. The number of thiophene rings is 2. The van der Waals surface area contributed by atoms with Crippen LogP contribution < -0.4 is 0 Å². The summed E-state index contributed by atoms with van der Waals surface area (Å²) in [6.07, 6.45) is 57.0. The molecule has 0 aromatic carbocycles. The van der Waals surface area contributed by atoms with Crippen LogP contribution in [0, 0.1) is 73.0 Å². The first-order chi connectivity index (χ1) is 36.3. The number of hydrogen-bond donors (Lipinski definition) is 0. The van der Waals surface area contributed by atoms with E-state index in [-0.39, 0.29) is 23.7 Å². The minimum atomic E-state index is 0.0870. The second kappa shape index (κ2) is 35.4. The van der Waals surface area contributed by atoms with E-state index in [1.807, 2.05) is 22.7 Å². The van der Waals surface area contributed by atoms with Gasteiger partial charge in [0, 0.05) is 31.3 Å². The highest BCUT2D eigenvalue weighted by Gasteiger charge is 2.62. The second-order valence-electron chi connectivity index (χ2n) is 26.2. The van der Waals surface area contributed by atoms with Crippen molar-refractivity contribution in [2.75, 3.05) is 0 Å². The molecule has 2 aromatic rings. The summed E-state index contributed by atoms with van der Waals surface area (Å²) in [7, 11) is 0. The summed E-state index contributed by atoms with van der Waals surface area (Å²) in [5.41, 5.74) is 0. The summed E-state index contributed by atoms with van der Waals surface area (Å²) in [6.45, 7) is 13.8. The Labute approximate surface area is 467 Å². The van der Waals surface area contributed by atoms with Crippen LogP contribution in [-0.2, 0) is 9.59 Å². The van der Waals surface area contributed by atoms with Gasteiger partial charge in [-0.2, -0.15) is 0 Å². The molecule has 0 amide bonds. The van der Waals surface area contributed by atoms with E-state index in [0.29, 0.717) is 47.1 Å². The number of unbranched alkanes of at least 4 members (excludes halogenated alkanes) is 28. The monoisotopic (exact) mass is 1050 g/mol. The summed E-state index contributed by atoms with van der Waals surface area (Å²) in [4.78, 5) is 36.3. The average molecular weight is 1060 g/mol. The first kappa shape index (κ1) is 61.9. The molecule has 12 atom stereocenters. The molecule has 422 valence electrons. The van der Waals surface area contributed by atoms with Crippen molar-refractivity contribution in [2.24, 2.45) is 59.2 Å². The van der Waals surface area contributed by atoms with Crippen LogP contribution in [0.15, 0.2) is 24.3 Å². The normalized spacial score (nSPS) is 26.4. The number of fused-ring (bicyclic) bond motifs is 5. The van der Waals surface area contributed by atoms with Crippen molar-refractivity contribution in [1.29, 1.82) is 0 Å². The summed E-state index contributed by atoms with van der Waals surface area (Å²) in [5, 5.41) is 0. The molecule has 0 bridgehead atoms. The van der Waals surface area contributed by atoms with Crippen LogP contribution in [0.3, 0.4) is 0 Å². The maximum absolute atomic E-state index is 15.4. The standard InChI is InChI=1S/C70H118O2S2/c1-7-11-15-19-23-25-27-29-33-37-41-55(39-35-31-21-17-13-9-3)47-57-49-59-60(61-51-63(69(71)67(57)61)65-45-43-53(5)73-65)50-58(68-62(59)52-64(70(68)72)66-46-44-54(6)74-66)48-56(40-36-32-22-18-14-10-4)42-38-34-30-28-26-24-20-16-12-8-2/h43-46,55-64,67-68H,7-42,47-52H2,1-6H3. The second-order valence-corrected chi connectivity index (χ2v) is 28.9. The number of Topliss-reactive ketones (excluding diaryl/α,β-unsaturated/α-hetero) is 2. The Morgan fingerprint density at radius 3 is 0.892 bits per heavy atom. The highest BCUT2D eigenvalue weighted by molar-refractivity contribution is 7.12. The Kier molecular flexibility index (Phi) is 29.6. The van der Waals surface area contributed by atoms with E-state index in [1.165, 1.54) is 276 Å². The van der Waals surface area contributed by atoms with Gasteiger partial charge in [-0.05, 0) is 124 Å². The van der Waals surface area contributed by atoms with Crippen molar-refractivity contribution in [1.82, 2.24) is 0 Å². The van der Waals surface area contributed by atoms with Crippen molar-refractivity contribution in [3.05, 3.63) is 43.8 Å². The molecule has 0 radical (unpaired) electrons. The van der Waals surface area contributed by atoms with Gasteiger partial charge >= 0.3 is 0 Å². The van der Waals surface area contributed by atoms with Gasteiger partial charge in [-0.3, -0.25) is 9.59 Å². The summed E-state index contributed by atoms with van der Waals surface area (Å²) < 4.78 is 0. The van der Waals surface area contributed by atoms with Crippen molar-refractivity contribution in [2.45, 2.75) is 323 Å². The van der Waals surface area contributed by atoms with Crippen LogP contribution in [0.1, 0.15) is 329 Å². The Morgan fingerprint density at radius 1 is 0.365 bits per heavy atom. The third kappa shape index (κ3) is 19.5. The largest absolute Gasteiger partial charge is 0.299 e. The van der Waals surface area contributed by atoms with Gasteiger partial charge in [0.15, 0.2) is 0 Å². The fourth-order valence-corrected chi connectivity index (χ4v) is 18.5. The highest BCUT2D eigenvalue weighted by Crippen LogP contribution is 2.65. The van der Waals surface area contributed by atoms with Gasteiger partial charge in [-0.15, -0.1) is 22.7 Å². The number of aryl methyl sites for hydroxylation is 2. The molecule has 2 heterocycles. The van der Waals surface area contributed by atoms with Crippen LogP contribution in [-0.4, -0.2) is 11.6 Å². The van der Waals surface area contributed by atoms with Crippen molar-refractivity contribution in [3.63, 3.8) is 0 Å². The van der Waals surface area contributed by atoms with Gasteiger partial charge < -0.3 is 0 Å². The predicted octanol–water partition coefficient (Wildman–Crippen LogP) is 23.1. The average Bonchev–Trinajstić information content (AvgIpc) is 4.22. The lowest BCUT2D eigenvalue weighted by Gasteiger charge is -2.53. The first-order valence-corrected chi connectivity index (χ1v) is 35.1. The maximum atomic E-state index is 15.4. The lowest BCUT2D eigenvalue weighted by Crippen LogP contribution is -2.49. The first-order valence-electron chi connectivity index (χ1n) is 33.5. The summed E-state index contributed by atoms with van der Waals surface area (Å²) in [5.74, 6) is 6.51. The van der Waals surface area contributed by atoms with Gasteiger partial charge in [-0.1, -0.05) is 259 Å². The van der Waals surface area contributed by atoms with E-state index < -0.39 is 0 Å². The summed E-state index contributed by atoms with van der Waals surface area (Å²) in [6, 6.07) is 9.24. The molecule has 74 heavy (non-hydrogen) atoms. The molecule has 0 saturated heterocycles. The fraction of sp³-hybridized carbons (Fsp3) is 0.857. The van der Waals surface area contributed by atoms with Crippen LogP contribution >= 0.6 is 22.7 Å². The SMILES string of the molecule is CCCCCCCCCCCCC(CCCCCCCC)CC1CC2C(CC(CC(CCCCCCCC)CCCCCCCCCCCC)C3C(=O)C(c4ccc(C)s4)CC23)C2CC(c3ccc(C)s3)C(=O)C12. The van der Waals surface area contributed by atoms with Gasteiger partial charge in [0.1, 0.15) is 11.6 Å². The number of hydrogen-bond acceptors (Lipinski definition) is 4. The molecule has 12 unspecified atom stereocenters. The molecule has 2 nitrogen and oxygen atoms in total. The molecule has 0 spiro atoms. The zero-order valence-electron chi connectivity index (χ0n) is 49.6. The van der Waals surface area contributed by atoms with Gasteiger partial charge in [-0.25, -0.2) is 0 Å². The maximum Gasteiger partial charge on any atom is 0.144 e. The predicted molar refractivity (Wildman–Crippen MR) is 325 cm³/mol. The number of carbonyl (C=O) groups excluding carboxylic acids is 2. The molecular weight excluding hydrogens is 937 g/mol. The van der Waals surface area contributed by atoms with Crippen molar-refractivity contribution >= 4 is 34.2 Å². The summed E-state index contributed by atoms with van der Waals surface area (Å²) >= 11 is 3.83. The van der Waals surface area contributed by atoms with Gasteiger partial charge in [0.25, 0.3) is 0 Å². The Balaban J connectivity index is 1.22. The smallest absolute Gasteiger partial charge is 0.144 e. The van der Waals surface area contributed by atoms with E-state index in [0.717, 1.165) is 24.7 Å². The van der Waals surface area contributed by atoms with Crippen LogP contribution in [0.5, 0.6) is 0 Å². The molecule has 4 fully saturated rings. The lowest BCUT2D eigenvalue weighted by molar-refractivity contribution is -0.135. The Hall–Kier alpha value is -1.26. The van der Waals surface area contributed by atoms with Gasteiger partial charge in [0.2, 0.25) is 0 Å². The van der Waals surface area contributed by atoms with Crippen molar-refractivity contribution < 1.29 is 9.59 Å². The lowest BCUT2D eigenvalue weighted by atomic mass is 9.50. The zero-order valence-corrected chi connectivity index (χ0v) is 51.2. The molecule has 6 rings (SSSR count). The molecule has 4 heteroatoms. The highest BCUT2D eigenvalue weighted by atomic mass is 32.1. The van der Waals surface area contributed by atoms with Crippen LogP contribution in [0.2, 0.25) is 0 Å². The topological polar surface area (TPSA) is 34.1 Å². The molecule has 2 aromatic heterocycles. The van der Waals surface area contributed by atoms with E-state index in [9.17, 15) is 0 Å². The molecule has 4 aliphatic carbocycles. The number of ketones is 2. The molecule has 0 aliphatic heterocycles. The molecule has 0 N–H and O–H groups in total. The van der Waals surface area contributed by atoms with E-state index >= 15 is 9.59 Å². The van der Waals surface area contributed by atoms with E-state index in [1.54, 1.807) is 0 Å². The quantitative estimate of drug-likeness (QED) is 0.0621. The molecule has 4 saturated carbocycles. The number of carbonyl (C=O) groups is 2. The minimum Gasteiger partial charge on any atom is -0.299 e.